The van der Waals surface area contributed by atoms with Gasteiger partial charge < -0.3 is 5.32 Å². The zero-order chi connectivity index (χ0) is 18.4. The molecule has 2 rings (SSSR count). The first kappa shape index (κ1) is 18.2. The molecule has 0 bridgehead atoms. The molecule has 25 heavy (non-hydrogen) atoms. The van der Waals surface area contributed by atoms with Crippen molar-refractivity contribution >= 4 is 23.7 Å². The fourth-order valence-corrected chi connectivity index (χ4v) is 1.90. The number of aryl methyl sites for hydroxylation is 1. The molecule has 0 heterocycles. The maximum Gasteiger partial charge on any atom is 0.417 e. The predicted molar refractivity (Wildman–Crippen MR) is 87.0 cm³/mol. The number of alkyl halides is 3. The molecule has 5 nitrogen and oxygen atoms in total. The van der Waals surface area contributed by atoms with Crippen LogP contribution in [0, 0.1) is 6.92 Å². The van der Waals surface area contributed by atoms with Crippen LogP contribution in [0.3, 0.4) is 0 Å². The fraction of sp³-hybridized carbons (Fsp3) is 0.118. The van der Waals surface area contributed by atoms with Crippen LogP contribution >= 0.6 is 0 Å². The second-order valence-electron chi connectivity index (χ2n) is 5.10. The minimum Gasteiger partial charge on any atom is -0.318 e. The van der Waals surface area contributed by atoms with Crippen LogP contribution in [0.15, 0.2) is 53.6 Å². The van der Waals surface area contributed by atoms with E-state index in [9.17, 15) is 22.8 Å². The summed E-state index contributed by atoms with van der Waals surface area (Å²) < 4.78 is 38.5. The number of hydrogen-bond acceptors (Lipinski definition) is 3. The van der Waals surface area contributed by atoms with E-state index in [1.807, 2.05) is 12.3 Å². The Morgan fingerprint density at radius 2 is 1.64 bits per heavy atom. The average Bonchev–Trinajstić information content (AvgIpc) is 2.56. The normalized spacial score (nSPS) is 11.4. The van der Waals surface area contributed by atoms with Crippen LogP contribution in [-0.4, -0.2) is 18.0 Å². The molecular weight excluding hydrogens is 335 g/mol. The lowest BCUT2D eigenvalue weighted by atomic mass is 10.1. The lowest BCUT2D eigenvalue weighted by Crippen LogP contribution is -2.32. The van der Waals surface area contributed by atoms with Gasteiger partial charge in [0.05, 0.1) is 11.8 Å². The molecule has 0 aliphatic rings. The van der Waals surface area contributed by atoms with Crippen molar-refractivity contribution in [2.45, 2.75) is 13.1 Å². The van der Waals surface area contributed by atoms with Gasteiger partial charge in [0.15, 0.2) is 0 Å². The third kappa shape index (κ3) is 5.17. The molecule has 2 N–H and O–H groups in total. The van der Waals surface area contributed by atoms with Gasteiger partial charge in [-0.05, 0) is 25.1 Å². The quantitative estimate of drug-likeness (QED) is 0.508. The first-order valence-corrected chi connectivity index (χ1v) is 7.14. The highest BCUT2D eigenvalue weighted by Gasteiger charge is 2.32. The van der Waals surface area contributed by atoms with E-state index in [-0.39, 0.29) is 5.56 Å². The highest BCUT2D eigenvalue weighted by atomic mass is 19.4. The molecule has 0 aromatic heterocycles. The van der Waals surface area contributed by atoms with Crippen LogP contribution in [0.5, 0.6) is 0 Å². The minimum absolute atomic E-state index is 0.228. The molecule has 0 aliphatic heterocycles. The summed E-state index contributed by atoms with van der Waals surface area (Å²) in [4.78, 5) is 23.3. The second-order valence-corrected chi connectivity index (χ2v) is 5.10. The Bertz CT molecular complexity index is 800. The molecule has 0 fully saturated rings. The van der Waals surface area contributed by atoms with Crippen molar-refractivity contribution in [3.8, 4) is 0 Å². The summed E-state index contributed by atoms with van der Waals surface area (Å²) in [7, 11) is 0. The van der Waals surface area contributed by atoms with Gasteiger partial charge in [0.1, 0.15) is 0 Å². The third-order valence-corrected chi connectivity index (χ3v) is 3.15. The van der Waals surface area contributed by atoms with Crippen molar-refractivity contribution in [1.82, 2.24) is 5.43 Å². The van der Waals surface area contributed by atoms with Gasteiger partial charge in [-0.25, -0.2) is 5.43 Å². The smallest absolute Gasteiger partial charge is 0.318 e. The van der Waals surface area contributed by atoms with Crippen LogP contribution in [0.25, 0.3) is 0 Å². The second kappa shape index (κ2) is 7.61. The molecule has 0 radical (unpaired) electrons. The molecular formula is C17H14F3N3O2. The number of halogens is 3. The summed E-state index contributed by atoms with van der Waals surface area (Å²) in [5.74, 6) is -2.08. The molecule has 0 unspecified atom stereocenters. The summed E-state index contributed by atoms with van der Waals surface area (Å²) in [6.45, 7) is 1.87. The predicted octanol–water partition coefficient (Wildman–Crippen LogP) is 3.10. The van der Waals surface area contributed by atoms with Crippen molar-refractivity contribution in [3.63, 3.8) is 0 Å². The Balaban J connectivity index is 1.99. The zero-order valence-corrected chi connectivity index (χ0v) is 13.1. The van der Waals surface area contributed by atoms with Crippen molar-refractivity contribution in [1.29, 1.82) is 0 Å². The number of anilines is 1. The molecule has 2 amide bonds. The van der Waals surface area contributed by atoms with Crippen LogP contribution in [0.2, 0.25) is 0 Å². The van der Waals surface area contributed by atoms with Gasteiger partial charge in [-0.3, -0.25) is 9.59 Å². The molecule has 2 aromatic carbocycles. The average molecular weight is 349 g/mol. The van der Waals surface area contributed by atoms with E-state index in [2.05, 4.69) is 10.4 Å². The van der Waals surface area contributed by atoms with E-state index in [1.165, 1.54) is 18.2 Å². The number of nitrogens with one attached hydrogen (secondary N) is 2. The van der Waals surface area contributed by atoms with E-state index in [1.54, 1.807) is 24.3 Å². The molecule has 0 atom stereocenters. The molecule has 0 aliphatic carbocycles. The maximum absolute atomic E-state index is 12.8. The molecule has 8 heteroatoms. The van der Waals surface area contributed by atoms with Crippen LogP contribution in [0.1, 0.15) is 16.7 Å². The van der Waals surface area contributed by atoms with E-state index in [0.29, 0.717) is 5.69 Å². The number of hydrogen-bond donors (Lipinski definition) is 2. The van der Waals surface area contributed by atoms with Gasteiger partial charge in [0, 0.05) is 11.3 Å². The Morgan fingerprint density at radius 3 is 2.28 bits per heavy atom. The van der Waals surface area contributed by atoms with Crippen molar-refractivity contribution in [2.75, 3.05) is 5.32 Å². The number of nitrogens with zero attached hydrogens (tertiary/aromatic N) is 1. The standard InChI is InChI=1S/C17H14F3N3O2/c1-11-6-8-13(9-7-11)22-15(24)16(25)23-21-10-12-4-2-3-5-14(12)17(18,19)20/h2-10H,1H3,(H,22,24)(H,23,25)/b21-10-. The molecule has 0 spiro atoms. The van der Waals surface area contributed by atoms with E-state index >= 15 is 0 Å². The van der Waals surface area contributed by atoms with E-state index in [4.69, 9.17) is 0 Å². The van der Waals surface area contributed by atoms with Gasteiger partial charge in [-0.15, -0.1) is 0 Å². The number of rotatable bonds is 3. The Hall–Kier alpha value is -3.16. The van der Waals surface area contributed by atoms with Gasteiger partial charge in [0.2, 0.25) is 0 Å². The van der Waals surface area contributed by atoms with Gasteiger partial charge in [-0.1, -0.05) is 35.9 Å². The van der Waals surface area contributed by atoms with Gasteiger partial charge >= 0.3 is 18.0 Å². The van der Waals surface area contributed by atoms with Crippen LogP contribution < -0.4 is 10.7 Å². The highest BCUT2D eigenvalue weighted by molar-refractivity contribution is 6.39. The SMILES string of the molecule is Cc1ccc(NC(=O)C(=O)N/N=C\c2ccccc2C(F)(F)F)cc1. The Morgan fingerprint density at radius 1 is 1.00 bits per heavy atom. The van der Waals surface area contributed by atoms with Crippen LogP contribution in [0.4, 0.5) is 18.9 Å². The highest BCUT2D eigenvalue weighted by Crippen LogP contribution is 2.30. The molecule has 0 saturated carbocycles. The number of hydrazone groups is 1. The lowest BCUT2D eigenvalue weighted by Gasteiger charge is -2.09. The number of carbonyl (C=O) groups excluding carboxylic acids is 2. The van der Waals surface area contributed by atoms with Crippen molar-refractivity contribution in [2.24, 2.45) is 5.10 Å². The van der Waals surface area contributed by atoms with Gasteiger partial charge in [-0.2, -0.15) is 18.3 Å². The van der Waals surface area contributed by atoms with E-state index in [0.717, 1.165) is 17.8 Å². The minimum atomic E-state index is -4.55. The summed E-state index contributed by atoms with van der Waals surface area (Å²) in [5.41, 5.74) is 2.17. The number of carbonyl (C=O) groups is 2. The first-order chi connectivity index (χ1) is 11.8. The van der Waals surface area contributed by atoms with Crippen LogP contribution in [-0.2, 0) is 15.8 Å². The van der Waals surface area contributed by atoms with Gasteiger partial charge in [0.25, 0.3) is 0 Å². The summed E-state index contributed by atoms with van der Waals surface area (Å²) in [5, 5.41) is 5.76. The third-order valence-electron chi connectivity index (χ3n) is 3.15. The number of amides is 2. The fourth-order valence-electron chi connectivity index (χ4n) is 1.90. The molecule has 130 valence electrons. The Kier molecular flexibility index (Phi) is 5.53. The lowest BCUT2D eigenvalue weighted by molar-refractivity contribution is -0.137. The molecule has 0 saturated heterocycles. The summed E-state index contributed by atoms with van der Waals surface area (Å²) >= 11 is 0. The largest absolute Gasteiger partial charge is 0.417 e. The van der Waals surface area contributed by atoms with E-state index < -0.39 is 23.6 Å². The topological polar surface area (TPSA) is 70.6 Å². The summed E-state index contributed by atoms with van der Waals surface area (Å²) in [6.07, 6.45) is -3.71. The maximum atomic E-state index is 12.8. The van der Waals surface area contributed by atoms with Crippen molar-refractivity contribution in [3.05, 3.63) is 65.2 Å². The Labute approximate surface area is 141 Å². The number of benzene rings is 2. The molecule has 2 aromatic rings. The summed E-state index contributed by atoms with van der Waals surface area (Å²) in [6, 6.07) is 11.5. The first-order valence-electron chi connectivity index (χ1n) is 7.14. The van der Waals surface area contributed by atoms with Crippen molar-refractivity contribution < 1.29 is 22.8 Å². The zero-order valence-electron chi connectivity index (χ0n) is 13.1. The monoisotopic (exact) mass is 349 g/mol.